The largest absolute Gasteiger partial charge is 0.465 e. The van der Waals surface area contributed by atoms with Crippen LogP contribution in [-0.2, 0) is 16.0 Å². The summed E-state index contributed by atoms with van der Waals surface area (Å²) in [6.45, 7) is 3.39. The van der Waals surface area contributed by atoms with Crippen LogP contribution in [0.3, 0.4) is 0 Å². The lowest BCUT2D eigenvalue weighted by Crippen LogP contribution is -2.10. The van der Waals surface area contributed by atoms with Gasteiger partial charge in [-0.25, -0.2) is 4.79 Å². The van der Waals surface area contributed by atoms with Gasteiger partial charge in [0.1, 0.15) is 5.78 Å². The molecule has 1 aromatic carbocycles. The summed E-state index contributed by atoms with van der Waals surface area (Å²) in [4.78, 5) is 22.5. The molecule has 1 rings (SSSR count). The Morgan fingerprint density at radius 2 is 2.00 bits per heavy atom. The Morgan fingerprint density at radius 1 is 1.33 bits per heavy atom. The lowest BCUT2D eigenvalue weighted by atomic mass is 9.98. The fourth-order valence-electron chi connectivity index (χ4n) is 1.49. The monoisotopic (exact) mass is 206 g/mol. The van der Waals surface area contributed by atoms with Gasteiger partial charge in [0.2, 0.25) is 0 Å². The number of ketones is 1. The quantitative estimate of drug-likeness (QED) is 0.709. The molecular formula is C12H14O3. The molecule has 0 aromatic heterocycles. The molecule has 80 valence electrons. The smallest absolute Gasteiger partial charge is 0.338 e. The predicted octanol–water partition coefficient (Wildman–Crippen LogP) is 1.91. The maximum absolute atomic E-state index is 11.4. The van der Waals surface area contributed by atoms with Crippen molar-refractivity contribution >= 4 is 11.8 Å². The van der Waals surface area contributed by atoms with Gasteiger partial charge in [-0.2, -0.15) is 0 Å². The van der Waals surface area contributed by atoms with Crippen molar-refractivity contribution in [1.82, 2.24) is 0 Å². The molecule has 0 amide bonds. The van der Waals surface area contributed by atoms with Gasteiger partial charge >= 0.3 is 5.97 Å². The summed E-state index contributed by atoms with van der Waals surface area (Å²) in [5, 5.41) is 0. The summed E-state index contributed by atoms with van der Waals surface area (Å²) >= 11 is 0. The number of esters is 1. The van der Waals surface area contributed by atoms with Crippen LogP contribution in [0.15, 0.2) is 18.2 Å². The van der Waals surface area contributed by atoms with E-state index in [4.69, 9.17) is 0 Å². The van der Waals surface area contributed by atoms with Crippen LogP contribution in [0.4, 0.5) is 0 Å². The van der Waals surface area contributed by atoms with Crippen molar-refractivity contribution in [3.63, 3.8) is 0 Å². The number of aryl methyl sites for hydroxylation is 1. The number of Topliss-reactive ketones (excluding diaryl/α,β-unsaturated/α-hetero) is 1. The number of hydrogen-bond acceptors (Lipinski definition) is 3. The van der Waals surface area contributed by atoms with Crippen LogP contribution in [0.5, 0.6) is 0 Å². The van der Waals surface area contributed by atoms with E-state index >= 15 is 0 Å². The third-order valence-corrected chi connectivity index (χ3v) is 2.24. The zero-order chi connectivity index (χ0) is 11.4. The highest BCUT2D eigenvalue weighted by Crippen LogP contribution is 2.16. The van der Waals surface area contributed by atoms with E-state index in [0.29, 0.717) is 5.56 Å². The molecule has 3 nitrogen and oxygen atoms in total. The van der Waals surface area contributed by atoms with E-state index in [9.17, 15) is 9.59 Å². The first-order valence-electron chi connectivity index (χ1n) is 4.72. The van der Waals surface area contributed by atoms with Gasteiger partial charge in [-0.3, -0.25) is 4.79 Å². The molecule has 3 heteroatoms. The summed E-state index contributed by atoms with van der Waals surface area (Å²) in [7, 11) is 1.34. The van der Waals surface area contributed by atoms with Crippen LogP contribution in [0, 0.1) is 6.92 Å². The highest BCUT2D eigenvalue weighted by atomic mass is 16.5. The number of carbonyl (C=O) groups is 2. The van der Waals surface area contributed by atoms with Gasteiger partial charge < -0.3 is 4.74 Å². The average molecular weight is 206 g/mol. The van der Waals surface area contributed by atoms with Crippen molar-refractivity contribution in [2.75, 3.05) is 7.11 Å². The normalized spacial score (nSPS) is 9.80. The van der Waals surface area contributed by atoms with E-state index in [1.54, 1.807) is 12.1 Å². The van der Waals surface area contributed by atoms with E-state index in [1.807, 2.05) is 13.0 Å². The molecule has 0 heterocycles. The first kappa shape index (κ1) is 11.4. The SMILES string of the molecule is COC(=O)c1cccc(C)c1CC(C)=O. The number of methoxy groups -OCH3 is 1. The Bertz CT molecular complexity index is 394. The number of rotatable bonds is 3. The molecule has 0 unspecified atom stereocenters. The van der Waals surface area contributed by atoms with Crippen molar-refractivity contribution in [3.05, 3.63) is 34.9 Å². The van der Waals surface area contributed by atoms with Gasteiger partial charge in [0, 0.05) is 6.42 Å². The maximum atomic E-state index is 11.4. The van der Waals surface area contributed by atoms with Crippen molar-refractivity contribution < 1.29 is 14.3 Å². The van der Waals surface area contributed by atoms with E-state index < -0.39 is 5.97 Å². The predicted molar refractivity (Wildman–Crippen MR) is 56.9 cm³/mol. The van der Waals surface area contributed by atoms with Crippen molar-refractivity contribution in [1.29, 1.82) is 0 Å². The van der Waals surface area contributed by atoms with Gasteiger partial charge in [-0.15, -0.1) is 0 Å². The van der Waals surface area contributed by atoms with Crippen LogP contribution >= 0.6 is 0 Å². The highest BCUT2D eigenvalue weighted by Gasteiger charge is 2.14. The minimum Gasteiger partial charge on any atom is -0.465 e. The molecule has 0 fully saturated rings. The number of hydrogen-bond donors (Lipinski definition) is 0. The number of carbonyl (C=O) groups excluding carboxylic acids is 2. The van der Waals surface area contributed by atoms with Crippen molar-refractivity contribution in [2.24, 2.45) is 0 Å². The van der Waals surface area contributed by atoms with Crippen LogP contribution < -0.4 is 0 Å². The first-order valence-corrected chi connectivity index (χ1v) is 4.72. The molecule has 0 N–H and O–H groups in total. The van der Waals surface area contributed by atoms with Crippen LogP contribution in [0.25, 0.3) is 0 Å². The summed E-state index contributed by atoms with van der Waals surface area (Å²) in [5.74, 6) is -0.357. The summed E-state index contributed by atoms with van der Waals surface area (Å²) in [6.07, 6.45) is 0.275. The van der Waals surface area contributed by atoms with Gasteiger partial charge in [0.15, 0.2) is 0 Å². The molecular weight excluding hydrogens is 192 g/mol. The Balaban J connectivity index is 3.19. The van der Waals surface area contributed by atoms with Crippen molar-refractivity contribution in [2.45, 2.75) is 20.3 Å². The van der Waals surface area contributed by atoms with E-state index in [-0.39, 0.29) is 12.2 Å². The fraction of sp³-hybridized carbons (Fsp3) is 0.333. The zero-order valence-corrected chi connectivity index (χ0v) is 9.16. The minimum absolute atomic E-state index is 0.0365. The molecule has 15 heavy (non-hydrogen) atoms. The lowest BCUT2D eigenvalue weighted by Gasteiger charge is -2.09. The van der Waals surface area contributed by atoms with Gasteiger partial charge in [-0.05, 0) is 31.0 Å². The standard InChI is InChI=1S/C12H14O3/c1-8-5-4-6-10(12(14)15-3)11(8)7-9(2)13/h4-6H,7H2,1-3H3. The topological polar surface area (TPSA) is 43.4 Å². The summed E-state index contributed by atoms with van der Waals surface area (Å²) in [5.41, 5.74) is 2.18. The zero-order valence-electron chi connectivity index (χ0n) is 9.16. The maximum Gasteiger partial charge on any atom is 0.338 e. The Kier molecular flexibility index (Phi) is 3.61. The second-order valence-corrected chi connectivity index (χ2v) is 3.47. The molecule has 0 bridgehead atoms. The molecule has 0 atom stereocenters. The lowest BCUT2D eigenvalue weighted by molar-refractivity contribution is -0.116. The molecule has 0 spiro atoms. The molecule has 0 saturated carbocycles. The second-order valence-electron chi connectivity index (χ2n) is 3.47. The summed E-state index contributed by atoms with van der Waals surface area (Å²) < 4.78 is 4.66. The Morgan fingerprint density at radius 3 is 2.53 bits per heavy atom. The van der Waals surface area contributed by atoms with Gasteiger partial charge in [0.05, 0.1) is 12.7 Å². The third kappa shape index (κ3) is 2.65. The third-order valence-electron chi connectivity index (χ3n) is 2.24. The molecule has 0 aliphatic heterocycles. The Hall–Kier alpha value is -1.64. The van der Waals surface area contributed by atoms with Crippen LogP contribution in [-0.4, -0.2) is 18.9 Å². The van der Waals surface area contributed by atoms with E-state index in [0.717, 1.165) is 11.1 Å². The average Bonchev–Trinajstić information content (AvgIpc) is 2.19. The minimum atomic E-state index is -0.394. The molecule has 0 saturated heterocycles. The molecule has 1 aromatic rings. The summed E-state index contributed by atoms with van der Waals surface area (Å²) in [6, 6.07) is 5.34. The van der Waals surface area contributed by atoms with Gasteiger partial charge in [-0.1, -0.05) is 12.1 Å². The van der Waals surface area contributed by atoms with Crippen LogP contribution in [0.2, 0.25) is 0 Å². The Labute approximate surface area is 89.1 Å². The number of ether oxygens (including phenoxy) is 1. The van der Waals surface area contributed by atoms with Crippen molar-refractivity contribution in [3.8, 4) is 0 Å². The van der Waals surface area contributed by atoms with Crippen LogP contribution in [0.1, 0.15) is 28.4 Å². The fourth-order valence-corrected chi connectivity index (χ4v) is 1.49. The first-order chi connectivity index (χ1) is 7.06. The highest BCUT2D eigenvalue weighted by molar-refractivity contribution is 5.93. The number of benzene rings is 1. The molecule has 0 aliphatic carbocycles. The van der Waals surface area contributed by atoms with E-state index in [2.05, 4.69) is 4.74 Å². The molecule has 0 radical (unpaired) electrons. The van der Waals surface area contributed by atoms with Gasteiger partial charge in [0.25, 0.3) is 0 Å². The second kappa shape index (κ2) is 4.73. The van der Waals surface area contributed by atoms with E-state index in [1.165, 1.54) is 14.0 Å². The molecule has 0 aliphatic rings.